The second-order valence-electron chi connectivity index (χ2n) is 3.80. The smallest absolute Gasteiger partial charge is 0.222 e. The number of nitrogens with one attached hydrogen (secondary N) is 1. The highest BCUT2D eigenvalue weighted by molar-refractivity contribution is 7.16. The van der Waals surface area contributed by atoms with E-state index < -0.39 is 0 Å². The van der Waals surface area contributed by atoms with Gasteiger partial charge in [-0.15, -0.1) is 11.3 Å². The molecule has 0 aliphatic rings. The number of thiophene rings is 1. The Morgan fingerprint density at radius 3 is 2.81 bits per heavy atom. The topological polar surface area (TPSA) is 55.1 Å². The normalized spacial score (nSPS) is 14.5. The highest BCUT2D eigenvalue weighted by Crippen LogP contribution is 2.26. The summed E-state index contributed by atoms with van der Waals surface area (Å²) in [7, 11) is 0. The Labute approximate surface area is 105 Å². The molecule has 0 aromatic carbocycles. The van der Waals surface area contributed by atoms with Crippen molar-refractivity contribution in [1.82, 2.24) is 5.32 Å². The lowest BCUT2D eigenvalue weighted by Gasteiger charge is -2.14. The van der Waals surface area contributed by atoms with Gasteiger partial charge in [-0.1, -0.05) is 18.5 Å². The SMILES string of the molecule is CCC(N)CC(=O)NC(C)c1ccc(Cl)s1. The Morgan fingerprint density at radius 1 is 1.62 bits per heavy atom. The van der Waals surface area contributed by atoms with Crippen LogP contribution in [0.2, 0.25) is 4.34 Å². The van der Waals surface area contributed by atoms with Crippen LogP contribution in [0.5, 0.6) is 0 Å². The summed E-state index contributed by atoms with van der Waals surface area (Å²) in [5.74, 6) is -0.00799. The van der Waals surface area contributed by atoms with E-state index in [0.717, 1.165) is 15.6 Å². The number of hydrogen-bond acceptors (Lipinski definition) is 3. The summed E-state index contributed by atoms with van der Waals surface area (Å²) >= 11 is 7.32. The van der Waals surface area contributed by atoms with Crippen molar-refractivity contribution >= 4 is 28.8 Å². The molecule has 1 aromatic heterocycles. The fourth-order valence-corrected chi connectivity index (χ4v) is 2.38. The molecule has 0 aliphatic carbocycles. The number of rotatable bonds is 5. The molecule has 16 heavy (non-hydrogen) atoms. The predicted molar refractivity (Wildman–Crippen MR) is 68.8 cm³/mol. The van der Waals surface area contributed by atoms with Crippen molar-refractivity contribution in [3.8, 4) is 0 Å². The first-order chi connectivity index (χ1) is 7.52. The van der Waals surface area contributed by atoms with Gasteiger partial charge in [0.05, 0.1) is 10.4 Å². The number of carbonyl (C=O) groups excluding carboxylic acids is 1. The molecule has 5 heteroatoms. The molecule has 0 radical (unpaired) electrons. The van der Waals surface area contributed by atoms with Gasteiger partial charge >= 0.3 is 0 Å². The summed E-state index contributed by atoms with van der Waals surface area (Å²) < 4.78 is 0.737. The maximum absolute atomic E-state index is 11.6. The zero-order valence-corrected chi connectivity index (χ0v) is 11.1. The van der Waals surface area contributed by atoms with E-state index in [1.807, 2.05) is 26.0 Å². The minimum atomic E-state index is -0.0564. The third kappa shape index (κ3) is 4.12. The molecule has 1 amide bonds. The lowest BCUT2D eigenvalue weighted by molar-refractivity contribution is -0.122. The van der Waals surface area contributed by atoms with Gasteiger partial charge in [0.2, 0.25) is 5.91 Å². The summed E-state index contributed by atoms with van der Waals surface area (Å²) in [6.07, 6.45) is 1.19. The van der Waals surface area contributed by atoms with E-state index >= 15 is 0 Å². The minimum Gasteiger partial charge on any atom is -0.349 e. The third-order valence-corrected chi connectivity index (χ3v) is 3.78. The first-order valence-electron chi connectivity index (χ1n) is 5.33. The van der Waals surface area contributed by atoms with Crippen LogP contribution in [0.4, 0.5) is 0 Å². The van der Waals surface area contributed by atoms with Crippen molar-refractivity contribution in [2.75, 3.05) is 0 Å². The molecule has 3 N–H and O–H groups in total. The van der Waals surface area contributed by atoms with Gasteiger partial charge in [0, 0.05) is 17.3 Å². The van der Waals surface area contributed by atoms with Gasteiger partial charge in [-0.2, -0.15) is 0 Å². The summed E-state index contributed by atoms with van der Waals surface area (Å²) in [4.78, 5) is 12.6. The van der Waals surface area contributed by atoms with Crippen molar-refractivity contribution in [3.05, 3.63) is 21.3 Å². The Bertz CT molecular complexity index is 354. The fourth-order valence-electron chi connectivity index (χ4n) is 1.32. The molecule has 0 fully saturated rings. The average Bonchev–Trinajstić information content (AvgIpc) is 2.64. The number of amides is 1. The van der Waals surface area contributed by atoms with Crippen LogP contribution in [-0.4, -0.2) is 11.9 Å². The van der Waals surface area contributed by atoms with Crippen molar-refractivity contribution < 1.29 is 4.79 Å². The van der Waals surface area contributed by atoms with Gasteiger partial charge in [-0.25, -0.2) is 0 Å². The second kappa shape index (κ2) is 6.23. The average molecular weight is 261 g/mol. The maximum Gasteiger partial charge on any atom is 0.222 e. The molecule has 0 spiro atoms. The molecule has 90 valence electrons. The monoisotopic (exact) mass is 260 g/mol. The molecule has 0 bridgehead atoms. The van der Waals surface area contributed by atoms with Crippen molar-refractivity contribution in [1.29, 1.82) is 0 Å². The van der Waals surface area contributed by atoms with Gasteiger partial charge in [-0.3, -0.25) is 4.79 Å². The first-order valence-corrected chi connectivity index (χ1v) is 6.52. The second-order valence-corrected chi connectivity index (χ2v) is 5.55. The zero-order valence-electron chi connectivity index (χ0n) is 9.50. The van der Waals surface area contributed by atoms with E-state index in [1.54, 1.807) is 0 Å². The Balaban J connectivity index is 2.45. The van der Waals surface area contributed by atoms with E-state index in [4.69, 9.17) is 17.3 Å². The molecule has 0 saturated carbocycles. The predicted octanol–water partition coefficient (Wildman–Crippen LogP) is 2.71. The van der Waals surface area contributed by atoms with E-state index in [1.165, 1.54) is 11.3 Å². The largest absolute Gasteiger partial charge is 0.349 e. The quantitative estimate of drug-likeness (QED) is 0.855. The summed E-state index contributed by atoms with van der Waals surface area (Å²) in [5, 5.41) is 2.91. The Kier molecular flexibility index (Phi) is 5.25. The van der Waals surface area contributed by atoms with Gasteiger partial charge in [0.15, 0.2) is 0 Å². The number of halogens is 1. The van der Waals surface area contributed by atoms with Crippen LogP contribution in [0, 0.1) is 0 Å². The molecular formula is C11H17ClN2OS. The summed E-state index contributed by atoms with van der Waals surface area (Å²) in [6.45, 7) is 3.91. The van der Waals surface area contributed by atoms with Crippen LogP contribution in [0.1, 0.15) is 37.6 Å². The molecule has 1 rings (SSSR count). The van der Waals surface area contributed by atoms with Crippen LogP contribution in [0.3, 0.4) is 0 Å². The Hall–Kier alpha value is -0.580. The third-order valence-electron chi connectivity index (χ3n) is 2.37. The van der Waals surface area contributed by atoms with Crippen LogP contribution in [0.15, 0.2) is 12.1 Å². The lowest BCUT2D eigenvalue weighted by Crippen LogP contribution is -2.32. The maximum atomic E-state index is 11.6. The van der Waals surface area contributed by atoms with Crippen LogP contribution in [-0.2, 0) is 4.79 Å². The molecule has 1 heterocycles. The highest BCUT2D eigenvalue weighted by Gasteiger charge is 2.13. The first kappa shape index (κ1) is 13.5. The summed E-state index contributed by atoms with van der Waals surface area (Å²) in [5.41, 5.74) is 5.71. The van der Waals surface area contributed by atoms with E-state index in [-0.39, 0.29) is 18.0 Å². The molecular weight excluding hydrogens is 244 g/mol. The van der Waals surface area contributed by atoms with Crippen LogP contribution < -0.4 is 11.1 Å². The standard InChI is InChI=1S/C11H17ClN2OS/c1-3-8(13)6-11(15)14-7(2)9-4-5-10(12)16-9/h4-5,7-8H,3,6,13H2,1-2H3,(H,14,15). The molecule has 0 saturated heterocycles. The van der Waals surface area contributed by atoms with Gasteiger partial charge < -0.3 is 11.1 Å². The molecule has 2 atom stereocenters. The highest BCUT2D eigenvalue weighted by atomic mass is 35.5. The number of hydrogen-bond donors (Lipinski definition) is 2. The van der Waals surface area contributed by atoms with E-state index in [9.17, 15) is 4.79 Å². The van der Waals surface area contributed by atoms with Crippen LogP contribution in [0.25, 0.3) is 0 Å². The van der Waals surface area contributed by atoms with Gasteiger partial charge in [-0.05, 0) is 25.5 Å². The fraction of sp³-hybridized carbons (Fsp3) is 0.545. The van der Waals surface area contributed by atoms with Crippen molar-refractivity contribution in [2.24, 2.45) is 5.73 Å². The number of carbonyl (C=O) groups is 1. The molecule has 1 aromatic rings. The molecule has 3 nitrogen and oxygen atoms in total. The van der Waals surface area contributed by atoms with E-state index in [2.05, 4.69) is 5.32 Å². The zero-order chi connectivity index (χ0) is 12.1. The minimum absolute atomic E-state index is 0.00550. The molecule has 2 unspecified atom stereocenters. The summed E-state index contributed by atoms with van der Waals surface area (Å²) in [6, 6.07) is 3.70. The van der Waals surface area contributed by atoms with E-state index in [0.29, 0.717) is 6.42 Å². The van der Waals surface area contributed by atoms with Crippen molar-refractivity contribution in [2.45, 2.75) is 38.8 Å². The molecule has 0 aliphatic heterocycles. The Morgan fingerprint density at radius 2 is 2.31 bits per heavy atom. The number of nitrogens with two attached hydrogens (primary N) is 1. The van der Waals surface area contributed by atoms with Gasteiger partial charge in [0.25, 0.3) is 0 Å². The van der Waals surface area contributed by atoms with Gasteiger partial charge in [0.1, 0.15) is 0 Å². The van der Waals surface area contributed by atoms with Crippen LogP contribution >= 0.6 is 22.9 Å². The van der Waals surface area contributed by atoms with Crippen molar-refractivity contribution in [3.63, 3.8) is 0 Å². The lowest BCUT2D eigenvalue weighted by atomic mass is 10.1.